The average Bonchev–Trinajstić information content (AvgIpc) is 2.61. The number of esters is 1. The largest absolute Gasteiger partial charge is 0.479 e. The van der Waals surface area contributed by atoms with Crippen LogP contribution in [0.15, 0.2) is 6.20 Å². The van der Waals surface area contributed by atoms with Crippen LogP contribution in [-0.4, -0.2) is 29.5 Å². The number of carbonyl (C=O) groups is 1. The predicted molar refractivity (Wildman–Crippen MR) is 59.7 cm³/mol. The lowest BCUT2D eigenvalue weighted by Gasteiger charge is -2.18. The van der Waals surface area contributed by atoms with Crippen LogP contribution in [0.4, 0.5) is 0 Å². The maximum absolute atomic E-state index is 11.6. The van der Waals surface area contributed by atoms with Gasteiger partial charge in [0.05, 0.1) is 19.3 Å². The number of rotatable bonds is 3. The molecule has 0 N–H and O–H groups in total. The van der Waals surface area contributed by atoms with Gasteiger partial charge >= 0.3 is 5.97 Å². The van der Waals surface area contributed by atoms with Crippen LogP contribution in [0.3, 0.4) is 0 Å². The van der Waals surface area contributed by atoms with E-state index >= 15 is 0 Å². The summed E-state index contributed by atoms with van der Waals surface area (Å²) in [5.41, 5.74) is 0.164. The second-order valence-corrected chi connectivity index (χ2v) is 4.39. The van der Waals surface area contributed by atoms with E-state index in [9.17, 15) is 4.79 Å². The van der Waals surface area contributed by atoms with Crippen LogP contribution >= 0.6 is 0 Å². The summed E-state index contributed by atoms with van der Waals surface area (Å²) in [6, 6.07) is 0. The fourth-order valence-electron chi connectivity index (χ4n) is 1.20. The van der Waals surface area contributed by atoms with Crippen LogP contribution < -0.4 is 4.74 Å². The summed E-state index contributed by atoms with van der Waals surface area (Å²) < 4.78 is 11.7. The molecule has 0 aromatic carbocycles. The molecule has 1 aromatic rings. The van der Waals surface area contributed by atoms with Gasteiger partial charge < -0.3 is 9.47 Å². The number of aromatic nitrogens is 2. The zero-order chi connectivity index (χ0) is 12.3. The van der Waals surface area contributed by atoms with Gasteiger partial charge in [-0.15, -0.1) is 5.10 Å². The topological polar surface area (TPSA) is 53.4 Å². The van der Waals surface area contributed by atoms with E-state index < -0.39 is 5.97 Å². The quantitative estimate of drug-likeness (QED) is 0.738. The van der Waals surface area contributed by atoms with Crippen molar-refractivity contribution >= 4 is 5.97 Å². The van der Waals surface area contributed by atoms with Crippen molar-refractivity contribution in [2.24, 2.45) is 0 Å². The van der Waals surface area contributed by atoms with E-state index in [1.165, 1.54) is 7.11 Å². The molecule has 0 bridgehead atoms. The van der Waals surface area contributed by atoms with Crippen molar-refractivity contribution in [1.82, 2.24) is 9.78 Å². The Labute approximate surface area is 95.3 Å². The molecule has 0 atom stereocenters. The maximum atomic E-state index is 11.6. The van der Waals surface area contributed by atoms with E-state index in [2.05, 4.69) is 5.10 Å². The molecule has 0 amide bonds. The second kappa shape index (κ2) is 4.55. The van der Waals surface area contributed by atoms with Gasteiger partial charge in [-0.1, -0.05) is 0 Å². The molecule has 90 valence electrons. The molecule has 0 radical (unpaired) electrons. The number of nitrogens with zero attached hydrogens (tertiary/aromatic N) is 2. The standard InChI is InChI=1S/C11H18N2O3/c1-6-16-10(14)8-7-13(11(2,3)4)12-9(8)15-5/h7H,6H2,1-5H3. The Kier molecular flexibility index (Phi) is 3.57. The van der Waals surface area contributed by atoms with E-state index in [-0.39, 0.29) is 5.54 Å². The zero-order valence-electron chi connectivity index (χ0n) is 10.4. The van der Waals surface area contributed by atoms with E-state index in [4.69, 9.17) is 9.47 Å². The highest BCUT2D eigenvalue weighted by Crippen LogP contribution is 2.22. The number of ether oxygens (including phenoxy) is 2. The first kappa shape index (κ1) is 12.5. The summed E-state index contributed by atoms with van der Waals surface area (Å²) in [5.74, 6) is -0.108. The van der Waals surface area contributed by atoms with Crippen molar-refractivity contribution in [1.29, 1.82) is 0 Å². The third-order valence-electron chi connectivity index (χ3n) is 2.06. The van der Waals surface area contributed by atoms with E-state index in [0.717, 1.165) is 0 Å². The second-order valence-electron chi connectivity index (χ2n) is 4.39. The van der Waals surface area contributed by atoms with Gasteiger partial charge in [0.25, 0.3) is 0 Å². The lowest BCUT2D eigenvalue weighted by atomic mass is 10.1. The smallest absolute Gasteiger partial charge is 0.345 e. The molecule has 0 spiro atoms. The van der Waals surface area contributed by atoms with Gasteiger partial charge in [0, 0.05) is 6.20 Å². The summed E-state index contributed by atoms with van der Waals surface area (Å²) >= 11 is 0. The molecule has 0 fully saturated rings. The minimum absolute atomic E-state index is 0.196. The number of carbonyl (C=O) groups excluding carboxylic acids is 1. The molecule has 0 aliphatic heterocycles. The molecule has 0 aliphatic rings. The van der Waals surface area contributed by atoms with Crippen LogP contribution in [0.25, 0.3) is 0 Å². The summed E-state index contributed by atoms with van der Waals surface area (Å²) in [5, 5.41) is 4.20. The maximum Gasteiger partial charge on any atom is 0.345 e. The van der Waals surface area contributed by atoms with E-state index in [1.807, 2.05) is 20.8 Å². The number of hydrogen-bond acceptors (Lipinski definition) is 4. The Morgan fingerprint density at radius 2 is 2.12 bits per heavy atom. The van der Waals surface area contributed by atoms with Crippen molar-refractivity contribution in [2.75, 3.05) is 13.7 Å². The van der Waals surface area contributed by atoms with Crippen molar-refractivity contribution < 1.29 is 14.3 Å². The molecule has 0 aliphatic carbocycles. The van der Waals surface area contributed by atoms with Crippen LogP contribution in [-0.2, 0) is 10.3 Å². The summed E-state index contributed by atoms with van der Waals surface area (Å²) in [4.78, 5) is 11.6. The van der Waals surface area contributed by atoms with Crippen LogP contribution in [0.2, 0.25) is 0 Å². The minimum Gasteiger partial charge on any atom is -0.479 e. The van der Waals surface area contributed by atoms with E-state index in [1.54, 1.807) is 17.8 Å². The summed E-state index contributed by atoms with van der Waals surface area (Å²) in [6.45, 7) is 8.08. The van der Waals surface area contributed by atoms with Crippen LogP contribution in [0.5, 0.6) is 5.88 Å². The van der Waals surface area contributed by atoms with Crippen LogP contribution in [0, 0.1) is 0 Å². The first-order valence-corrected chi connectivity index (χ1v) is 5.21. The lowest BCUT2D eigenvalue weighted by molar-refractivity contribution is 0.0522. The third kappa shape index (κ3) is 2.53. The Morgan fingerprint density at radius 3 is 2.56 bits per heavy atom. The molecule has 0 saturated heterocycles. The van der Waals surface area contributed by atoms with Gasteiger partial charge in [0.1, 0.15) is 5.56 Å². The molecule has 5 nitrogen and oxygen atoms in total. The monoisotopic (exact) mass is 226 g/mol. The van der Waals surface area contributed by atoms with E-state index in [0.29, 0.717) is 18.1 Å². The SMILES string of the molecule is CCOC(=O)c1cn(C(C)(C)C)nc1OC. The Bertz CT molecular complexity index is 377. The lowest BCUT2D eigenvalue weighted by Crippen LogP contribution is -2.22. The van der Waals surface area contributed by atoms with Crippen molar-refractivity contribution in [3.05, 3.63) is 11.8 Å². The first-order chi connectivity index (χ1) is 7.40. The van der Waals surface area contributed by atoms with Crippen molar-refractivity contribution in [3.8, 4) is 5.88 Å². The molecule has 16 heavy (non-hydrogen) atoms. The predicted octanol–water partition coefficient (Wildman–Crippen LogP) is 1.82. The van der Waals surface area contributed by atoms with Gasteiger partial charge in [-0.2, -0.15) is 0 Å². The normalized spacial score (nSPS) is 11.3. The minimum atomic E-state index is -0.408. The highest BCUT2D eigenvalue weighted by Gasteiger charge is 2.23. The third-order valence-corrected chi connectivity index (χ3v) is 2.06. The van der Waals surface area contributed by atoms with Crippen molar-refractivity contribution in [3.63, 3.8) is 0 Å². The highest BCUT2D eigenvalue weighted by atomic mass is 16.5. The Balaban J connectivity index is 3.09. The molecular formula is C11H18N2O3. The zero-order valence-corrected chi connectivity index (χ0v) is 10.4. The Hall–Kier alpha value is -1.52. The van der Waals surface area contributed by atoms with Gasteiger partial charge in [0.2, 0.25) is 5.88 Å². The molecule has 1 aromatic heterocycles. The van der Waals surface area contributed by atoms with Gasteiger partial charge in [-0.3, -0.25) is 4.68 Å². The summed E-state index contributed by atoms with van der Waals surface area (Å²) in [7, 11) is 1.48. The number of hydrogen-bond donors (Lipinski definition) is 0. The Morgan fingerprint density at radius 1 is 1.50 bits per heavy atom. The molecule has 0 saturated carbocycles. The van der Waals surface area contributed by atoms with Gasteiger partial charge in [0.15, 0.2) is 0 Å². The molecular weight excluding hydrogens is 208 g/mol. The molecule has 5 heteroatoms. The fourth-order valence-corrected chi connectivity index (χ4v) is 1.20. The fraction of sp³-hybridized carbons (Fsp3) is 0.636. The molecule has 1 heterocycles. The number of methoxy groups -OCH3 is 1. The first-order valence-electron chi connectivity index (χ1n) is 5.21. The summed E-state index contributed by atoms with van der Waals surface area (Å²) in [6.07, 6.45) is 1.65. The van der Waals surface area contributed by atoms with Crippen molar-refractivity contribution in [2.45, 2.75) is 33.2 Å². The highest BCUT2D eigenvalue weighted by molar-refractivity contribution is 5.91. The molecule has 1 rings (SSSR count). The van der Waals surface area contributed by atoms with Gasteiger partial charge in [-0.05, 0) is 27.7 Å². The van der Waals surface area contributed by atoms with Gasteiger partial charge in [-0.25, -0.2) is 4.79 Å². The molecule has 0 unspecified atom stereocenters. The van der Waals surface area contributed by atoms with Crippen LogP contribution in [0.1, 0.15) is 38.1 Å². The average molecular weight is 226 g/mol.